The van der Waals surface area contributed by atoms with Crippen molar-refractivity contribution in [1.29, 1.82) is 0 Å². The van der Waals surface area contributed by atoms with Crippen molar-refractivity contribution in [1.82, 2.24) is 0 Å². The molecule has 0 saturated heterocycles. The number of hydrogen-bond donors (Lipinski definition) is 1. The predicted molar refractivity (Wildman–Crippen MR) is 68.7 cm³/mol. The van der Waals surface area contributed by atoms with Crippen LogP contribution in [0, 0.1) is 5.82 Å². The molecule has 0 bridgehead atoms. The van der Waals surface area contributed by atoms with Crippen LogP contribution in [0.25, 0.3) is 0 Å². The highest BCUT2D eigenvalue weighted by atomic mass is 79.9. The molecule has 0 aliphatic rings. The molecule has 6 heteroatoms. The molecule has 0 radical (unpaired) electrons. The van der Waals surface area contributed by atoms with Crippen molar-refractivity contribution in [3.63, 3.8) is 0 Å². The molecule has 94 valence electrons. The van der Waals surface area contributed by atoms with Crippen LogP contribution in [-0.2, 0) is 4.74 Å². The van der Waals surface area contributed by atoms with Crippen LogP contribution in [-0.4, -0.2) is 11.6 Å². The minimum atomic E-state index is -0.765. The molecule has 0 aliphatic carbocycles. The fourth-order valence-corrected chi connectivity index (χ4v) is 1.63. The number of halogens is 3. The summed E-state index contributed by atoms with van der Waals surface area (Å²) in [6.07, 6.45) is 0. The van der Waals surface area contributed by atoms with E-state index in [4.69, 9.17) is 22.1 Å². The Kier molecular flexibility index (Phi) is 4.04. The van der Waals surface area contributed by atoms with Crippen molar-refractivity contribution in [3.8, 4) is 0 Å². The molecule has 2 N–H and O–H groups in total. The summed E-state index contributed by atoms with van der Waals surface area (Å²) in [4.78, 5) is 11.8. The van der Waals surface area contributed by atoms with Gasteiger partial charge in [0.25, 0.3) is 0 Å². The van der Waals surface area contributed by atoms with Gasteiger partial charge in [-0.15, -0.1) is 0 Å². The lowest BCUT2D eigenvalue weighted by atomic mass is 10.1. The Hall–Kier alpha value is -0.810. The Morgan fingerprint density at radius 1 is 1.53 bits per heavy atom. The van der Waals surface area contributed by atoms with E-state index in [-0.39, 0.29) is 20.7 Å². The summed E-state index contributed by atoms with van der Waals surface area (Å²) < 4.78 is 18.7. The Balaban J connectivity index is 3.20. The number of nitrogen functional groups attached to an aromatic ring is 1. The molecule has 0 atom stereocenters. The summed E-state index contributed by atoms with van der Waals surface area (Å²) >= 11 is 8.69. The highest BCUT2D eigenvalue weighted by molar-refractivity contribution is 9.10. The molecular formula is C11H12BrClFNO2. The second-order valence-corrected chi connectivity index (χ2v) is 5.65. The number of rotatable bonds is 1. The Morgan fingerprint density at radius 3 is 2.53 bits per heavy atom. The monoisotopic (exact) mass is 323 g/mol. The second kappa shape index (κ2) is 4.82. The van der Waals surface area contributed by atoms with Gasteiger partial charge >= 0.3 is 5.97 Å². The van der Waals surface area contributed by atoms with Crippen molar-refractivity contribution in [2.24, 2.45) is 0 Å². The summed E-state index contributed by atoms with van der Waals surface area (Å²) in [5, 5.41) is 0.0672. The topological polar surface area (TPSA) is 52.3 Å². The quantitative estimate of drug-likeness (QED) is 0.486. The van der Waals surface area contributed by atoms with Gasteiger partial charge in [-0.05, 0) is 42.8 Å². The van der Waals surface area contributed by atoms with E-state index in [0.717, 1.165) is 0 Å². The van der Waals surface area contributed by atoms with E-state index in [9.17, 15) is 9.18 Å². The summed E-state index contributed by atoms with van der Waals surface area (Å²) in [5.74, 6) is -1.47. The maximum absolute atomic E-state index is 13.6. The van der Waals surface area contributed by atoms with Crippen LogP contribution in [0.2, 0.25) is 5.02 Å². The van der Waals surface area contributed by atoms with Crippen LogP contribution < -0.4 is 5.73 Å². The van der Waals surface area contributed by atoms with Crippen molar-refractivity contribution >= 4 is 39.2 Å². The number of nitrogens with two attached hydrogens (primary N) is 1. The van der Waals surface area contributed by atoms with E-state index >= 15 is 0 Å². The third-order valence-corrected chi connectivity index (χ3v) is 3.12. The van der Waals surface area contributed by atoms with Gasteiger partial charge in [0.2, 0.25) is 0 Å². The van der Waals surface area contributed by atoms with E-state index in [1.165, 1.54) is 6.07 Å². The van der Waals surface area contributed by atoms with Gasteiger partial charge in [-0.1, -0.05) is 11.6 Å². The van der Waals surface area contributed by atoms with Crippen molar-refractivity contribution in [2.45, 2.75) is 26.4 Å². The number of hydrogen-bond acceptors (Lipinski definition) is 3. The van der Waals surface area contributed by atoms with Crippen LogP contribution in [0.15, 0.2) is 10.5 Å². The first-order valence-electron chi connectivity index (χ1n) is 4.80. The highest BCUT2D eigenvalue weighted by Crippen LogP contribution is 2.32. The highest BCUT2D eigenvalue weighted by Gasteiger charge is 2.23. The van der Waals surface area contributed by atoms with Crippen molar-refractivity contribution < 1.29 is 13.9 Å². The van der Waals surface area contributed by atoms with Gasteiger partial charge in [0.1, 0.15) is 5.60 Å². The average Bonchev–Trinajstić information content (AvgIpc) is 2.17. The zero-order valence-corrected chi connectivity index (χ0v) is 11.9. The van der Waals surface area contributed by atoms with Crippen LogP contribution in [0.3, 0.4) is 0 Å². The summed E-state index contributed by atoms with van der Waals surface area (Å²) in [5.41, 5.74) is 4.47. The molecule has 3 nitrogen and oxygen atoms in total. The molecule has 1 aromatic carbocycles. The molecule has 0 heterocycles. The van der Waals surface area contributed by atoms with Gasteiger partial charge in [-0.3, -0.25) is 0 Å². The van der Waals surface area contributed by atoms with Crippen LogP contribution in [0.1, 0.15) is 31.1 Å². The van der Waals surface area contributed by atoms with E-state index in [1.807, 2.05) is 0 Å². The van der Waals surface area contributed by atoms with Crippen LogP contribution >= 0.6 is 27.5 Å². The van der Waals surface area contributed by atoms with E-state index in [0.29, 0.717) is 0 Å². The fraction of sp³-hybridized carbons (Fsp3) is 0.364. The lowest BCUT2D eigenvalue weighted by Gasteiger charge is -2.20. The SMILES string of the molecule is CC(C)(C)OC(=O)c1cc(Cl)c(Br)c(F)c1N. The first-order chi connectivity index (χ1) is 7.63. The fourth-order valence-electron chi connectivity index (χ4n) is 1.11. The van der Waals surface area contributed by atoms with Gasteiger partial charge in [0.05, 0.1) is 20.7 Å². The molecule has 1 rings (SSSR count). The zero-order valence-electron chi connectivity index (χ0n) is 9.61. The Labute approximate surface area is 112 Å². The zero-order chi connectivity index (χ0) is 13.4. The predicted octanol–water partition coefficient (Wildman–Crippen LogP) is 3.78. The third-order valence-electron chi connectivity index (χ3n) is 1.82. The molecule has 0 aliphatic heterocycles. The molecular weight excluding hydrogens is 312 g/mol. The molecule has 0 aromatic heterocycles. The molecule has 0 saturated carbocycles. The summed E-state index contributed by atoms with van der Waals surface area (Å²) in [6, 6.07) is 1.28. The van der Waals surface area contributed by atoms with Gasteiger partial charge in [-0.2, -0.15) is 0 Å². The average molecular weight is 325 g/mol. The van der Waals surface area contributed by atoms with Gasteiger partial charge in [-0.25, -0.2) is 9.18 Å². The number of carbonyl (C=O) groups excluding carboxylic acids is 1. The number of esters is 1. The lowest BCUT2D eigenvalue weighted by Crippen LogP contribution is -2.24. The maximum atomic E-state index is 13.6. The largest absolute Gasteiger partial charge is 0.456 e. The smallest absolute Gasteiger partial charge is 0.340 e. The second-order valence-electron chi connectivity index (χ2n) is 4.45. The number of anilines is 1. The molecule has 0 unspecified atom stereocenters. The van der Waals surface area contributed by atoms with Gasteiger partial charge in [0, 0.05) is 0 Å². The van der Waals surface area contributed by atoms with Gasteiger partial charge in [0.15, 0.2) is 5.82 Å². The molecule has 0 spiro atoms. The van der Waals surface area contributed by atoms with E-state index < -0.39 is 17.4 Å². The number of carbonyl (C=O) groups is 1. The maximum Gasteiger partial charge on any atom is 0.340 e. The summed E-state index contributed by atoms with van der Waals surface area (Å²) in [7, 11) is 0. The lowest BCUT2D eigenvalue weighted by molar-refractivity contribution is 0.00704. The van der Waals surface area contributed by atoms with Crippen LogP contribution in [0.4, 0.5) is 10.1 Å². The standard InChI is InChI=1S/C11H12BrClFNO2/c1-11(2,3)17-10(16)5-4-6(13)7(12)8(14)9(5)15/h4H,15H2,1-3H3. The van der Waals surface area contributed by atoms with Crippen LogP contribution in [0.5, 0.6) is 0 Å². The Morgan fingerprint density at radius 2 is 2.06 bits per heavy atom. The normalized spacial score (nSPS) is 11.4. The molecule has 17 heavy (non-hydrogen) atoms. The van der Waals surface area contributed by atoms with E-state index in [2.05, 4.69) is 15.9 Å². The van der Waals surface area contributed by atoms with E-state index in [1.54, 1.807) is 20.8 Å². The molecule has 1 aromatic rings. The summed E-state index contributed by atoms with van der Waals surface area (Å²) in [6.45, 7) is 5.12. The number of benzene rings is 1. The minimum Gasteiger partial charge on any atom is -0.456 e. The molecule has 0 amide bonds. The number of ether oxygens (including phenoxy) is 1. The van der Waals surface area contributed by atoms with Gasteiger partial charge < -0.3 is 10.5 Å². The third kappa shape index (κ3) is 3.33. The molecule has 0 fully saturated rings. The first-order valence-corrected chi connectivity index (χ1v) is 5.97. The Bertz CT molecular complexity index is 472. The van der Waals surface area contributed by atoms with Crippen molar-refractivity contribution in [3.05, 3.63) is 26.9 Å². The first kappa shape index (κ1) is 14.3. The van der Waals surface area contributed by atoms with Crippen molar-refractivity contribution in [2.75, 3.05) is 5.73 Å². The minimum absolute atomic E-state index is 0.0315.